The smallest absolute Gasteiger partial charge is 0.142 e. The molecular weight excluding hydrogens is 174 g/mol. The normalized spacial score (nSPS) is 9.50. The summed E-state index contributed by atoms with van der Waals surface area (Å²) in [5, 5.41) is 0. The van der Waals surface area contributed by atoms with Gasteiger partial charge in [-0.2, -0.15) is 0 Å². The van der Waals surface area contributed by atoms with Gasteiger partial charge in [-0.05, 0) is 19.7 Å². The Balaban J connectivity index is 0.000000500. The highest BCUT2D eigenvalue weighted by molar-refractivity contribution is 4.87. The van der Waals surface area contributed by atoms with Gasteiger partial charge in [0.25, 0.3) is 0 Å². The van der Waals surface area contributed by atoms with Gasteiger partial charge in [0.1, 0.15) is 5.82 Å². The molecule has 0 aliphatic heterocycles. The third-order valence-corrected chi connectivity index (χ3v) is 1.57. The second kappa shape index (κ2) is 8.63. The molecule has 0 atom stereocenters. The van der Waals surface area contributed by atoms with Gasteiger partial charge in [0, 0.05) is 12.4 Å². The Morgan fingerprint density at radius 1 is 1.14 bits per heavy atom. The third-order valence-electron chi connectivity index (χ3n) is 1.57. The second-order valence-electron chi connectivity index (χ2n) is 3.20. The van der Waals surface area contributed by atoms with E-state index in [4.69, 9.17) is 0 Å². The summed E-state index contributed by atoms with van der Waals surface area (Å²) in [5.41, 5.74) is 0. The lowest BCUT2D eigenvalue weighted by molar-refractivity contribution is 0.336. The third kappa shape index (κ3) is 6.54. The minimum atomic E-state index is 0.831. The van der Waals surface area contributed by atoms with Crippen LogP contribution in [0.15, 0.2) is 18.5 Å². The first-order valence-corrected chi connectivity index (χ1v) is 5.18. The van der Waals surface area contributed by atoms with Crippen LogP contribution in [0.4, 0.5) is 0 Å². The number of rotatable bonds is 3. The van der Waals surface area contributed by atoms with Crippen molar-refractivity contribution in [2.75, 3.05) is 13.6 Å². The monoisotopic (exact) mass is 195 g/mol. The SMILES string of the molecule is CCC.CCN(C)Cc1ncccn1. The molecule has 0 fully saturated rings. The first-order chi connectivity index (χ1) is 6.74. The summed E-state index contributed by atoms with van der Waals surface area (Å²) in [6.07, 6.45) is 4.79. The maximum Gasteiger partial charge on any atom is 0.142 e. The van der Waals surface area contributed by atoms with Crippen molar-refractivity contribution in [3.8, 4) is 0 Å². The molecule has 0 saturated heterocycles. The predicted molar refractivity (Wildman–Crippen MR) is 60.0 cm³/mol. The van der Waals surface area contributed by atoms with Gasteiger partial charge in [-0.15, -0.1) is 0 Å². The Bertz CT molecular complexity index is 211. The number of nitrogens with zero attached hydrogens (tertiary/aromatic N) is 3. The van der Waals surface area contributed by atoms with E-state index in [2.05, 4.69) is 42.7 Å². The molecule has 0 spiro atoms. The van der Waals surface area contributed by atoms with Gasteiger partial charge in [-0.25, -0.2) is 9.97 Å². The van der Waals surface area contributed by atoms with Crippen LogP contribution in [-0.4, -0.2) is 28.5 Å². The van der Waals surface area contributed by atoms with Crippen LogP contribution in [0.1, 0.15) is 33.0 Å². The van der Waals surface area contributed by atoms with Gasteiger partial charge in [-0.3, -0.25) is 4.90 Å². The predicted octanol–water partition coefficient (Wildman–Crippen LogP) is 2.34. The summed E-state index contributed by atoms with van der Waals surface area (Å²) < 4.78 is 0. The largest absolute Gasteiger partial charge is 0.299 e. The minimum Gasteiger partial charge on any atom is -0.299 e. The summed E-state index contributed by atoms with van der Waals surface area (Å²) in [7, 11) is 2.05. The van der Waals surface area contributed by atoms with Crippen molar-refractivity contribution in [2.45, 2.75) is 33.7 Å². The van der Waals surface area contributed by atoms with Gasteiger partial charge in [-0.1, -0.05) is 27.2 Å². The van der Waals surface area contributed by atoms with Crippen LogP contribution in [0.2, 0.25) is 0 Å². The lowest BCUT2D eigenvalue weighted by Gasteiger charge is -2.11. The highest BCUT2D eigenvalue weighted by atomic mass is 15.1. The van der Waals surface area contributed by atoms with E-state index in [0.717, 1.165) is 18.9 Å². The molecule has 0 aliphatic carbocycles. The lowest BCUT2D eigenvalue weighted by Crippen LogP contribution is -2.18. The van der Waals surface area contributed by atoms with Crippen LogP contribution in [0.5, 0.6) is 0 Å². The molecule has 14 heavy (non-hydrogen) atoms. The van der Waals surface area contributed by atoms with E-state index < -0.39 is 0 Å². The quantitative estimate of drug-likeness (QED) is 0.741. The van der Waals surface area contributed by atoms with Crippen molar-refractivity contribution in [3.63, 3.8) is 0 Å². The molecule has 0 saturated carbocycles. The molecule has 1 heterocycles. The van der Waals surface area contributed by atoms with E-state index in [9.17, 15) is 0 Å². The minimum absolute atomic E-state index is 0.831. The van der Waals surface area contributed by atoms with E-state index in [1.54, 1.807) is 12.4 Å². The fourth-order valence-corrected chi connectivity index (χ4v) is 0.765. The van der Waals surface area contributed by atoms with E-state index in [-0.39, 0.29) is 0 Å². The number of aromatic nitrogens is 2. The number of hydrogen-bond acceptors (Lipinski definition) is 3. The van der Waals surface area contributed by atoms with E-state index >= 15 is 0 Å². The van der Waals surface area contributed by atoms with Crippen LogP contribution in [0.3, 0.4) is 0 Å². The van der Waals surface area contributed by atoms with Gasteiger partial charge in [0.15, 0.2) is 0 Å². The average molecular weight is 195 g/mol. The van der Waals surface area contributed by atoms with Crippen LogP contribution < -0.4 is 0 Å². The summed E-state index contributed by atoms with van der Waals surface area (Å²) >= 11 is 0. The Morgan fingerprint density at radius 2 is 1.64 bits per heavy atom. The molecule has 1 aromatic rings. The molecule has 1 aromatic heterocycles. The second-order valence-corrected chi connectivity index (χ2v) is 3.20. The van der Waals surface area contributed by atoms with Crippen LogP contribution in [0.25, 0.3) is 0 Å². The van der Waals surface area contributed by atoms with Gasteiger partial charge in [0.05, 0.1) is 6.54 Å². The average Bonchev–Trinajstić information content (AvgIpc) is 2.20. The molecular formula is C11H21N3. The Kier molecular flexibility index (Phi) is 8.04. The zero-order chi connectivity index (χ0) is 10.8. The van der Waals surface area contributed by atoms with Gasteiger partial charge < -0.3 is 0 Å². The highest BCUT2D eigenvalue weighted by Gasteiger charge is 1.97. The summed E-state index contributed by atoms with van der Waals surface area (Å²) in [5.74, 6) is 0.886. The molecule has 0 radical (unpaired) electrons. The summed E-state index contributed by atoms with van der Waals surface area (Å²) in [6, 6.07) is 1.83. The molecule has 0 amide bonds. The summed E-state index contributed by atoms with van der Waals surface area (Å²) in [6.45, 7) is 8.22. The highest BCUT2D eigenvalue weighted by Crippen LogP contribution is 1.92. The fourth-order valence-electron chi connectivity index (χ4n) is 0.765. The molecule has 0 unspecified atom stereocenters. The molecule has 3 nitrogen and oxygen atoms in total. The van der Waals surface area contributed by atoms with Crippen molar-refractivity contribution in [1.29, 1.82) is 0 Å². The Labute approximate surface area is 87.2 Å². The molecule has 0 N–H and O–H groups in total. The van der Waals surface area contributed by atoms with E-state index in [0.29, 0.717) is 0 Å². The maximum atomic E-state index is 4.11. The van der Waals surface area contributed by atoms with Crippen LogP contribution in [0, 0.1) is 0 Å². The first kappa shape index (κ1) is 13.0. The van der Waals surface area contributed by atoms with E-state index in [1.165, 1.54) is 6.42 Å². The maximum absolute atomic E-state index is 4.11. The van der Waals surface area contributed by atoms with Gasteiger partial charge >= 0.3 is 0 Å². The molecule has 80 valence electrons. The van der Waals surface area contributed by atoms with Crippen molar-refractivity contribution in [2.24, 2.45) is 0 Å². The van der Waals surface area contributed by atoms with Crippen molar-refractivity contribution in [1.82, 2.24) is 14.9 Å². The molecule has 0 bridgehead atoms. The van der Waals surface area contributed by atoms with Crippen molar-refractivity contribution < 1.29 is 0 Å². The molecule has 0 aliphatic rings. The zero-order valence-corrected chi connectivity index (χ0v) is 9.70. The van der Waals surface area contributed by atoms with Gasteiger partial charge in [0.2, 0.25) is 0 Å². The number of hydrogen-bond donors (Lipinski definition) is 0. The van der Waals surface area contributed by atoms with Crippen LogP contribution in [-0.2, 0) is 6.54 Å². The molecule has 3 heteroatoms. The van der Waals surface area contributed by atoms with E-state index in [1.807, 2.05) is 6.07 Å². The Morgan fingerprint density at radius 3 is 2.07 bits per heavy atom. The molecule has 1 rings (SSSR count). The standard InChI is InChI=1S/C8H13N3.C3H8/c1-3-11(2)7-8-9-5-4-6-10-8;1-3-2/h4-6H,3,7H2,1-2H3;3H2,1-2H3. The topological polar surface area (TPSA) is 29.0 Å². The van der Waals surface area contributed by atoms with Crippen molar-refractivity contribution >= 4 is 0 Å². The lowest BCUT2D eigenvalue weighted by atomic mass is 10.5. The zero-order valence-electron chi connectivity index (χ0n) is 9.70. The first-order valence-electron chi connectivity index (χ1n) is 5.18. The van der Waals surface area contributed by atoms with Crippen molar-refractivity contribution in [3.05, 3.63) is 24.3 Å². The molecule has 0 aromatic carbocycles. The fraction of sp³-hybridized carbons (Fsp3) is 0.636. The van der Waals surface area contributed by atoms with Crippen LogP contribution >= 0.6 is 0 Å². The summed E-state index contributed by atoms with van der Waals surface area (Å²) in [4.78, 5) is 10.4. The Hall–Kier alpha value is -0.960.